The molecule has 4 aliphatic rings. The van der Waals surface area contributed by atoms with Crippen molar-refractivity contribution in [3.8, 4) is 44.5 Å². The molecule has 0 saturated heterocycles. The Bertz CT molecular complexity index is 4110. The van der Waals surface area contributed by atoms with Crippen molar-refractivity contribution in [2.45, 2.75) is 137 Å². The lowest BCUT2D eigenvalue weighted by Gasteiger charge is -2.32. The van der Waals surface area contributed by atoms with Crippen LogP contribution < -0.4 is 10.2 Å². The third kappa shape index (κ3) is 9.06. The second kappa shape index (κ2) is 19.9. The molecule has 0 aliphatic heterocycles. The molecule has 4 aliphatic carbocycles. The summed E-state index contributed by atoms with van der Waals surface area (Å²) in [7, 11) is 0. The quantitative estimate of drug-likeness (QED) is 0.131. The maximum atomic E-state index is 3.77. The number of hydrogen-bond donors (Lipinski definition) is 1. The number of allylic oxidation sites excluding steroid dienone is 4. The zero-order valence-electron chi connectivity index (χ0n) is 51.5. The molecule has 2 heteroatoms. The zero-order valence-corrected chi connectivity index (χ0v) is 51.5. The first-order valence-electron chi connectivity index (χ1n) is 30.7. The van der Waals surface area contributed by atoms with E-state index in [1.807, 2.05) is 0 Å². The van der Waals surface area contributed by atoms with Gasteiger partial charge < -0.3 is 10.2 Å². The fourth-order valence-electron chi connectivity index (χ4n) is 14.6. The predicted octanol–water partition coefficient (Wildman–Crippen LogP) is 22.7. The Balaban J connectivity index is 0.775. The highest BCUT2D eigenvalue weighted by Gasteiger charge is 2.41. The lowest BCUT2D eigenvalue weighted by atomic mass is 9.74. The van der Waals surface area contributed by atoms with Gasteiger partial charge in [-0.2, -0.15) is 0 Å². The first-order chi connectivity index (χ1) is 39.6. The minimum atomic E-state index is -0.214. The van der Waals surface area contributed by atoms with Crippen LogP contribution in [-0.2, 0) is 21.7 Å². The van der Waals surface area contributed by atoms with Gasteiger partial charge in [-0.3, -0.25) is 0 Å². The lowest BCUT2D eigenvalue weighted by Crippen LogP contribution is -2.22. The second-order valence-corrected chi connectivity index (χ2v) is 27.7. The Kier molecular flexibility index (Phi) is 13.0. The van der Waals surface area contributed by atoms with Crippen LogP contribution in [0.15, 0.2) is 206 Å². The van der Waals surface area contributed by atoms with Crippen molar-refractivity contribution in [3.05, 3.63) is 261 Å². The van der Waals surface area contributed by atoms with E-state index in [9.17, 15) is 0 Å². The highest BCUT2D eigenvalue weighted by molar-refractivity contribution is 5.91. The largest absolute Gasteiger partial charge is 0.356 e. The van der Waals surface area contributed by atoms with E-state index in [1.54, 1.807) is 5.57 Å². The Morgan fingerprint density at radius 1 is 0.422 bits per heavy atom. The van der Waals surface area contributed by atoms with Crippen molar-refractivity contribution in [2.24, 2.45) is 11.8 Å². The maximum Gasteiger partial charge on any atom is 0.0467 e. The summed E-state index contributed by atoms with van der Waals surface area (Å²) in [6, 6.07) is 72.2. The van der Waals surface area contributed by atoms with Crippen molar-refractivity contribution < 1.29 is 0 Å². The summed E-state index contributed by atoms with van der Waals surface area (Å²) in [5.41, 5.74) is 32.2. The molecule has 13 rings (SSSR count). The molecule has 0 amide bonds. The van der Waals surface area contributed by atoms with E-state index in [0.717, 1.165) is 23.5 Å². The van der Waals surface area contributed by atoms with E-state index >= 15 is 0 Å². The van der Waals surface area contributed by atoms with E-state index in [1.165, 1.54) is 117 Å². The highest BCUT2D eigenvalue weighted by Crippen LogP contribution is 2.56. The molecule has 83 heavy (non-hydrogen) atoms. The van der Waals surface area contributed by atoms with Crippen molar-refractivity contribution in [1.82, 2.24) is 0 Å². The van der Waals surface area contributed by atoms with Gasteiger partial charge in [-0.05, 0) is 196 Å². The molecule has 1 N–H and O–H groups in total. The molecular formula is C81H82N2. The summed E-state index contributed by atoms with van der Waals surface area (Å²) in [5.74, 6) is 2.15. The fraction of sp³-hybridized carbons (Fsp3) is 0.284. The maximum absolute atomic E-state index is 3.77. The van der Waals surface area contributed by atoms with E-state index in [2.05, 4.69) is 307 Å². The van der Waals surface area contributed by atoms with E-state index in [-0.39, 0.29) is 21.7 Å². The Morgan fingerprint density at radius 2 is 0.867 bits per heavy atom. The molecule has 9 aromatic rings. The van der Waals surface area contributed by atoms with Crippen LogP contribution in [-0.4, -0.2) is 0 Å². The standard InChI is InChI=1S/C81H82N2/c1-49(2)54-25-35-66-69-38-32-62(46-75(69)79(9,10)72(66)43-54)82-61-19-15-17-57(41-61)52-21-28-59(29-22-52)78(7,8)60-30-23-53(24-31-60)58-18-16-20-63(42-58)83(64-33-39-70-67-36-26-55(50(3)4)44-73(67)80(11,12)76(70)47-64)65-34-40-71-68-37-27-56(51(5)6)45-74(68)81(13,14)77(71)48-65/h15-44,46-51,56,82H,45H2,1-14H3. The monoisotopic (exact) mass is 1080 g/mol. The molecule has 1 unspecified atom stereocenters. The molecule has 9 aromatic carbocycles. The third-order valence-corrected chi connectivity index (χ3v) is 20.2. The number of anilines is 5. The number of nitrogens with one attached hydrogen (secondary N) is 1. The van der Waals surface area contributed by atoms with Gasteiger partial charge in [0.15, 0.2) is 0 Å². The van der Waals surface area contributed by atoms with Crippen molar-refractivity contribution in [1.29, 1.82) is 0 Å². The fourth-order valence-corrected chi connectivity index (χ4v) is 14.6. The van der Waals surface area contributed by atoms with Gasteiger partial charge in [0.05, 0.1) is 0 Å². The third-order valence-electron chi connectivity index (χ3n) is 20.2. The molecule has 0 spiro atoms. The minimum Gasteiger partial charge on any atom is -0.356 e. The molecule has 0 aromatic heterocycles. The van der Waals surface area contributed by atoms with Gasteiger partial charge >= 0.3 is 0 Å². The molecule has 0 radical (unpaired) electrons. The number of nitrogens with zero attached hydrogens (tertiary/aromatic N) is 1. The topological polar surface area (TPSA) is 15.3 Å². The molecule has 0 heterocycles. The Morgan fingerprint density at radius 3 is 1.41 bits per heavy atom. The number of fused-ring (bicyclic) bond motifs is 8. The number of benzene rings is 9. The first-order valence-corrected chi connectivity index (χ1v) is 30.7. The number of rotatable bonds is 12. The lowest BCUT2D eigenvalue weighted by molar-refractivity contribution is 0.435. The summed E-state index contributed by atoms with van der Waals surface area (Å²) in [5, 5.41) is 3.77. The molecule has 0 fully saturated rings. The number of hydrogen-bond acceptors (Lipinski definition) is 2. The molecule has 416 valence electrons. The average Bonchev–Trinajstić information content (AvgIpc) is 2.14. The summed E-state index contributed by atoms with van der Waals surface area (Å²) >= 11 is 0. The predicted molar refractivity (Wildman–Crippen MR) is 356 cm³/mol. The van der Waals surface area contributed by atoms with Gasteiger partial charge in [0.2, 0.25) is 0 Å². The van der Waals surface area contributed by atoms with Crippen molar-refractivity contribution in [3.63, 3.8) is 0 Å². The van der Waals surface area contributed by atoms with E-state index in [4.69, 9.17) is 0 Å². The molecular weight excluding hydrogens is 1000 g/mol. The van der Waals surface area contributed by atoms with Crippen molar-refractivity contribution >= 4 is 34.0 Å². The highest BCUT2D eigenvalue weighted by atomic mass is 15.1. The normalized spacial score (nSPS) is 16.7. The summed E-state index contributed by atoms with van der Waals surface area (Å²) < 4.78 is 0. The molecule has 0 bridgehead atoms. The first kappa shape index (κ1) is 54.3. The van der Waals surface area contributed by atoms with E-state index < -0.39 is 0 Å². The van der Waals surface area contributed by atoms with Crippen LogP contribution in [0.2, 0.25) is 0 Å². The van der Waals surface area contributed by atoms with Crippen LogP contribution in [0.3, 0.4) is 0 Å². The van der Waals surface area contributed by atoms with Gasteiger partial charge in [-0.15, -0.1) is 0 Å². The molecule has 0 saturated carbocycles. The summed E-state index contributed by atoms with van der Waals surface area (Å²) in [6.45, 7) is 33.1. The zero-order chi connectivity index (χ0) is 58.1. The molecule has 2 nitrogen and oxygen atoms in total. The van der Waals surface area contributed by atoms with Gasteiger partial charge in [0.25, 0.3) is 0 Å². The Hall–Kier alpha value is -7.94. The smallest absolute Gasteiger partial charge is 0.0467 e. The van der Waals surface area contributed by atoms with Crippen LogP contribution >= 0.6 is 0 Å². The van der Waals surface area contributed by atoms with Gasteiger partial charge in [0, 0.05) is 50.1 Å². The summed E-state index contributed by atoms with van der Waals surface area (Å²) in [6.07, 6.45) is 6.02. The van der Waals surface area contributed by atoms with Crippen molar-refractivity contribution in [2.75, 3.05) is 10.2 Å². The SMILES string of the molecule is CC(C)c1ccc2c(c1)C(C)(C)c1cc(Nc3cccc(-c4ccc(C(C)(C)c5ccc(-c6cccc(N(c7ccc8c(c7)C(C)(C)C7=C8C=CC(C(C)C)C7)c7ccc8c(c7)C(C)(C)c7cc(C(C)C)ccc7-8)c6)cc5)cc4)c3)ccc1-2. The van der Waals surface area contributed by atoms with Crippen LogP contribution in [0.4, 0.5) is 28.4 Å². The van der Waals surface area contributed by atoms with Gasteiger partial charge in [-0.25, -0.2) is 0 Å². The molecule has 1 atom stereocenters. The average molecular weight is 1080 g/mol. The Labute approximate surface area is 496 Å². The second-order valence-electron chi connectivity index (χ2n) is 27.7. The van der Waals surface area contributed by atoms with Crippen LogP contribution in [0, 0.1) is 11.8 Å². The summed E-state index contributed by atoms with van der Waals surface area (Å²) in [4.78, 5) is 2.52. The minimum absolute atomic E-state index is 0.0632. The van der Waals surface area contributed by atoms with Crippen LogP contribution in [0.1, 0.15) is 171 Å². The van der Waals surface area contributed by atoms with Crippen LogP contribution in [0.5, 0.6) is 0 Å². The van der Waals surface area contributed by atoms with Gasteiger partial charge in [-0.1, -0.05) is 242 Å². The van der Waals surface area contributed by atoms with Crippen LogP contribution in [0.25, 0.3) is 50.1 Å². The van der Waals surface area contributed by atoms with Gasteiger partial charge in [0.1, 0.15) is 0 Å². The van der Waals surface area contributed by atoms with E-state index in [0.29, 0.717) is 23.7 Å².